The molecular weight excluding hydrogens is 294 g/mol. The lowest BCUT2D eigenvalue weighted by molar-refractivity contribution is 0.00976. The molecule has 112 valence electrons. The highest BCUT2D eigenvalue weighted by Gasteiger charge is 2.57. The number of carbonyl (C=O) groups is 1. The van der Waals surface area contributed by atoms with Crippen molar-refractivity contribution in [1.29, 1.82) is 0 Å². The number of benzene rings is 2. The zero-order valence-corrected chi connectivity index (χ0v) is 13.2. The zero-order valence-electron chi connectivity index (χ0n) is 12.4. The lowest BCUT2D eigenvalue weighted by Gasteiger charge is -2.32. The second-order valence-electron chi connectivity index (χ2n) is 5.74. The van der Waals surface area contributed by atoms with Crippen molar-refractivity contribution in [2.24, 2.45) is 0 Å². The molecule has 2 aliphatic heterocycles. The summed E-state index contributed by atoms with van der Waals surface area (Å²) in [5.74, 6) is 0.896. The van der Waals surface area contributed by atoms with Gasteiger partial charge in [-0.2, -0.15) is 0 Å². The first kappa shape index (κ1) is 13.9. The zero-order chi connectivity index (χ0) is 15.2. The van der Waals surface area contributed by atoms with E-state index < -0.39 is 5.06 Å². The minimum absolute atomic E-state index is 0.0844. The Bertz CT molecular complexity index is 718. The summed E-state index contributed by atoms with van der Waals surface area (Å²) in [6, 6.07) is 18.2. The van der Waals surface area contributed by atoms with Crippen LogP contribution in [0.25, 0.3) is 0 Å². The van der Waals surface area contributed by atoms with Gasteiger partial charge in [-0.3, -0.25) is 9.69 Å². The highest BCUT2D eigenvalue weighted by molar-refractivity contribution is 7.99. The van der Waals surface area contributed by atoms with Gasteiger partial charge in [0.05, 0.1) is 12.6 Å². The van der Waals surface area contributed by atoms with Gasteiger partial charge in [-0.25, -0.2) is 0 Å². The lowest BCUT2D eigenvalue weighted by Crippen LogP contribution is -2.40. The third-order valence-corrected chi connectivity index (χ3v) is 5.68. The summed E-state index contributed by atoms with van der Waals surface area (Å²) in [5.41, 5.74) is 3.00. The molecule has 2 aromatic carbocycles. The maximum atomic E-state index is 12.7. The van der Waals surface area contributed by atoms with E-state index in [0.29, 0.717) is 6.61 Å². The average molecular weight is 311 g/mol. The highest BCUT2D eigenvalue weighted by atomic mass is 32.2. The molecule has 1 amide bonds. The van der Waals surface area contributed by atoms with E-state index >= 15 is 0 Å². The van der Waals surface area contributed by atoms with Gasteiger partial charge in [0.1, 0.15) is 0 Å². The number of fused-ring (bicyclic) bond motifs is 3. The molecule has 0 aliphatic carbocycles. The summed E-state index contributed by atoms with van der Waals surface area (Å²) in [6.45, 7) is 2.64. The fraction of sp³-hybridized carbons (Fsp3) is 0.278. The van der Waals surface area contributed by atoms with Gasteiger partial charge in [-0.15, -0.1) is 0 Å². The first-order chi connectivity index (χ1) is 10.7. The summed E-state index contributed by atoms with van der Waals surface area (Å²) in [4.78, 5) is 14.6. The molecule has 2 aliphatic rings. The van der Waals surface area contributed by atoms with Gasteiger partial charge in [-0.05, 0) is 18.6 Å². The van der Waals surface area contributed by atoms with Crippen molar-refractivity contribution in [2.75, 3.05) is 6.61 Å². The number of ether oxygens (including phenoxy) is 1. The molecule has 1 fully saturated rings. The van der Waals surface area contributed by atoms with Gasteiger partial charge >= 0.3 is 0 Å². The Morgan fingerprint density at radius 3 is 2.73 bits per heavy atom. The molecule has 2 heterocycles. The Balaban J connectivity index is 1.72. The fourth-order valence-electron chi connectivity index (χ4n) is 3.23. The highest BCUT2D eigenvalue weighted by Crippen LogP contribution is 2.53. The van der Waals surface area contributed by atoms with Crippen LogP contribution >= 0.6 is 11.8 Å². The largest absolute Gasteiger partial charge is 0.340 e. The van der Waals surface area contributed by atoms with E-state index in [1.165, 1.54) is 5.56 Å². The quantitative estimate of drug-likeness (QED) is 0.867. The van der Waals surface area contributed by atoms with Crippen LogP contribution in [-0.2, 0) is 15.5 Å². The smallest absolute Gasteiger partial charge is 0.257 e. The Hall–Kier alpha value is -1.78. The van der Waals surface area contributed by atoms with Crippen molar-refractivity contribution in [3.05, 3.63) is 71.3 Å². The summed E-state index contributed by atoms with van der Waals surface area (Å²) in [6.07, 6.45) is 0. The minimum Gasteiger partial charge on any atom is -0.340 e. The van der Waals surface area contributed by atoms with Gasteiger partial charge in [0.2, 0.25) is 5.06 Å². The van der Waals surface area contributed by atoms with Crippen LogP contribution in [0, 0.1) is 0 Å². The number of hydrogen-bond donors (Lipinski definition) is 0. The Labute approximate surface area is 134 Å². The van der Waals surface area contributed by atoms with Crippen molar-refractivity contribution in [3.8, 4) is 0 Å². The summed E-state index contributed by atoms with van der Waals surface area (Å²) in [7, 11) is 0. The van der Waals surface area contributed by atoms with E-state index in [2.05, 4.69) is 19.1 Å². The van der Waals surface area contributed by atoms with Crippen LogP contribution in [0.5, 0.6) is 0 Å². The molecule has 22 heavy (non-hydrogen) atoms. The number of thioether (sulfide) groups is 1. The van der Waals surface area contributed by atoms with Crippen molar-refractivity contribution >= 4 is 17.7 Å². The third-order valence-electron chi connectivity index (χ3n) is 4.27. The fourth-order valence-corrected chi connectivity index (χ4v) is 4.67. The van der Waals surface area contributed by atoms with E-state index in [1.54, 1.807) is 11.8 Å². The SMILES string of the molecule is C[C@H]1CO[C@]2(SCc3ccccc3)c3ccccc3C(=O)N12. The van der Waals surface area contributed by atoms with Crippen molar-refractivity contribution in [3.63, 3.8) is 0 Å². The van der Waals surface area contributed by atoms with Gasteiger partial charge in [0.15, 0.2) is 0 Å². The Morgan fingerprint density at radius 2 is 1.91 bits per heavy atom. The number of carbonyl (C=O) groups excluding carboxylic acids is 1. The lowest BCUT2D eigenvalue weighted by atomic mass is 10.1. The van der Waals surface area contributed by atoms with Crippen LogP contribution in [0.2, 0.25) is 0 Å². The van der Waals surface area contributed by atoms with E-state index in [-0.39, 0.29) is 11.9 Å². The van der Waals surface area contributed by atoms with Gasteiger partial charge in [0, 0.05) is 16.9 Å². The third kappa shape index (κ3) is 1.91. The topological polar surface area (TPSA) is 29.5 Å². The number of rotatable bonds is 3. The molecule has 0 saturated carbocycles. The standard InChI is InChI=1S/C18H17NO2S/c1-13-11-21-18(22-12-14-7-3-2-4-8-14)16-10-6-5-9-15(16)17(20)19(13)18/h2-10,13H,11-12H2,1H3/t13-,18-/m0/s1. The van der Waals surface area contributed by atoms with Gasteiger partial charge in [0.25, 0.3) is 5.91 Å². The molecule has 0 radical (unpaired) electrons. The van der Waals surface area contributed by atoms with E-state index in [1.807, 2.05) is 47.4 Å². The van der Waals surface area contributed by atoms with Crippen molar-refractivity contribution in [1.82, 2.24) is 4.90 Å². The van der Waals surface area contributed by atoms with Crippen LogP contribution in [0.3, 0.4) is 0 Å². The van der Waals surface area contributed by atoms with Crippen LogP contribution in [0.1, 0.15) is 28.4 Å². The van der Waals surface area contributed by atoms with Gasteiger partial charge < -0.3 is 4.74 Å². The van der Waals surface area contributed by atoms with Crippen LogP contribution in [0.4, 0.5) is 0 Å². The van der Waals surface area contributed by atoms with E-state index in [9.17, 15) is 4.79 Å². The minimum atomic E-state index is -0.664. The Morgan fingerprint density at radius 1 is 1.18 bits per heavy atom. The molecule has 0 unspecified atom stereocenters. The summed E-state index contributed by atoms with van der Waals surface area (Å²) in [5, 5.41) is -0.664. The molecule has 0 bridgehead atoms. The predicted molar refractivity (Wildman–Crippen MR) is 87.4 cm³/mol. The maximum absolute atomic E-state index is 12.7. The van der Waals surface area contributed by atoms with E-state index in [4.69, 9.17) is 4.74 Å². The van der Waals surface area contributed by atoms with Crippen LogP contribution in [0.15, 0.2) is 54.6 Å². The first-order valence-electron chi connectivity index (χ1n) is 7.47. The van der Waals surface area contributed by atoms with E-state index in [0.717, 1.165) is 16.9 Å². The molecule has 3 nitrogen and oxygen atoms in total. The summed E-state index contributed by atoms with van der Waals surface area (Å²) >= 11 is 1.69. The molecule has 0 aromatic heterocycles. The summed E-state index contributed by atoms with van der Waals surface area (Å²) < 4.78 is 6.16. The molecule has 4 rings (SSSR count). The molecular formula is C18H17NO2S. The van der Waals surface area contributed by atoms with Crippen molar-refractivity contribution in [2.45, 2.75) is 23.8 Å². The molecule has 0 N–H and O–H groups in total. The maximum Gasteiger partial charge on any atom is 0.257 e. The second-order valence-corrected chi connectivity index (χ2v) is 6.87. The molecule has 2 aromatic rings. The second kappa shape index (κ2) is 5.14. The first-order valence-corrected chi connectivity index (χ1v) is 8.46. The normalized spacial score (nSPS) is 26.1. The van der Waals surface area contributed by atoms with Crippen LogP contribution in [-0.4, -0.2) is 23.5 Å². The van der Waals surface area contributed by atoms with Gasteiger partial charge in [-0.1, -0.05) is 60.3 Å². The molecule has 2 atom stereocenters. The molecule has 1 saturated heterocycles. The average Bonchev–Trinajstić information content (AvgIpc) is 3.02. The number of amides is 1. The molecule has 0 spiro atoms. The monoisotopic (exact) mass is 311 g/mol. The Kier molecular flexibility index (Phi) is 3.24. The van der Waals surface area contributed by atoms with Crippen LogP contribution < -0.4 is 0 Å². The predicted octanol–water partition coefficient (Wildman–Crippen LogP) is 3.60. The molecule has 4 heteroatoms. The number of nitrogens with zero attached hydrogens (tertiary/aromatic N) is 1. The number of hydrogen-bond acceptors (Lipinski definition) is 3. The van der Waals surface area contributed by atoms with Crippen molar-refractivity contribution < 1.29 is 9.53 Å².